The zero-order valence-corrected chi connectivity index (χ0v) is 1.45. The van der Waals surface area contributed by atoms with Gasteiger partial charge in [-0.25, -0.2) is 0 Å². The molecule has 0 radical (unpaired) electrons. The third kappa shape index (κ3) is 68.3. The van der Waals surface area contributed by atoms with Gasteiger partial charge in [-0.05, 0) is 0 Å². The van der Waals surface area contributed by atoms with E-state index < -0.39 is 0 Å². The third-order valence-electron chi connectivity index (χ3n) is 0. The van der Waals surface area contributed by atoms with Crippen LogP contribution in [0.3, 0.4) is 0 Å². The molecule has 0 aliphatic carbocycles. The molecule has 5 heteroatoms. The first kappa shape index (κ1) is 17.2. The normalized spacial score (nSPS) is 1.60. The molecule has 0 spiro atoms. The third-order valence-corrected chi connectivity index (χ3v) is 0. The van der Waals surface area contributed by atoms with Crippen LogP contribution in [0.5, 0.6) is 0 Å². The molecule has 28 valence electrons. The van der Waals surface area contributed by atoms with Gasteiger partial charge in [-0.1, -0.05) is 0 Å². The number of hydrogen-bond acceptors (Lipinski definition) is 2. The van der Waals surface area contributed by atoms with Crippen molar-refractivity contribution in [3.63, 3.8) is 0 Å². The molecule has 0 unspecified atom stereocenters. The Morgan fingerprint density at radius 3 is 1.20 bits per heavy atom. The molecule has 0 amide bonds. The van der Waals surface area contributed by atoms with E-state index in [2.05, 4.69) is 0 Å². The molecular weight excluding hydrogens is 184 g/mol. The second-order valence-corrected chi connectivity index (χ2v) is 0.112. The second-order valence-electron chi connectivity index (χ2n) is 0.112. The van der Waals surface area contributed by atoms with Crippen LogP contribution in [0.1, 0.15) is 0 Å². The summed E-state index contributed by atoms with van der Waals surface area (Å²) in [5.74, 6) is 0. The summed E-state index contributed by atoms with van der Waals surface area (Å²) in [7, 11) is 0. The topological polar surface area (TPSA) is 61.8 Å². The summed E-state index contributed by atoms with van der Waals surface area (Å²) in [5, 5.41) is 0. The number of nitrogens with zero attached hydrogens (tertiary/aromatic N) is 1. The van der Waals surface area contributed by atoms with Crippen molar-refractivity contribution in [3.05, 3.63) is 0 Å². The monoisotopic (exact) mass is 192 g/mol. The first-order valence-corrected chi connectivity index (χ1v) is 0.447. The molecule has 0 rings (SSSR count). The summed E-state index contributed by atoms with van der Waals surface area (Å²) in [4.78, 5) is 2.00. The average molecular weight is 192 g/mol. The Labute approximate surface area is 59.1 Å². The van der Waals surface area contributed by atoms with Gasteiger partial charge in [0.25, 0.3) is 0 Å². The molecule has 0 saturated carbocycles. The van der Waals surface area contributed by atoms with Gasteiger partial charge in [0.15, 0.2) is 17.4 Å². The van der Waals surface area contributed by atoms with Crippen LogP contribution in [0.2, 0.25) is 0 Å². The van der Waals surface area contributed by atoms with E-state index in [-0.39, 0.29) is 43.2 Å². The van der Waals surface area contributed by atoms with Crippen LogP contribution >= 0.6 is 0 Å². The zero-order valence-electron chi connectivity index (χ0n) is 1.45. The van der Waals surface area contributed by atoms with Crippen LogP contribution in [0.4, 0.5) is 0 Å². The standard InChI is InChI=1S/Al.In.H2N3.6H/c;;1-3-2;;;;;;/h;;1-2H;;;;;;/q;;+1;;;;;;. The average Bonchev–Trinajstić information content (AvgIpc) is 0.918. The minimum atomic E-state index is 0. The van der Waals surface area contributed by atoms with E-state index in [0.717, 1.165) is 0 Å². The molecule has 0 aromatic carbocycles. The van der Waals surface area contributed by atoms with Crippen molar-refractivity contribution >= 4 is 43.2 Å². The molecular formula is H8AlInN3+. The van der Waals surface area contributed by atoms with Crippen LogP contribution in [0.15, 0.2) is 0 Å². The van der Waals surface area contributed by atoms with Gasteiger partial charge in [0.05, 0.1) is 0 Å². The number of rotatable bonds is 0. The van der Waals surface area contributed by atoms with Crippen molar-refractivity contribution in [2.45, 2.75) is 0 Å². The zero-order chi connectivity index (χ0) is 2.71. The van der Waals surface area contributed by atoms with Crippen molar-refractivity contribution in [2.24, 2.45) is 0 Å². The van der Waals surface area contributed by atoms with E-state index in [4.69, 9.17) is 11.1 Å². The minimum absolute atomic E-state index is 0. The molecule has 2 N–H and O–H groups in total. The number of nitrogens with one attached hydrogen (secondary N) is 2. The Balaban J connectivity index is -0.0000000200. The fourth-order valence-electron chi connectivity index (χ4n) is 0. The Morgan fingerprint density at radius 1 is 1.20 bits per heavy atom. The van der Waals surface area contributed by atoms with Gasteiger partial charge in [-0.2, -0.15) is 0 Å². The van der Waals surface area contributed by atoms with Crippen LogP contribution in [0, 0.1) is 11.1 Å². The Hall–Kier alpha value is 0.713. The first-order chi connectivity index (χ1) is 1.41. The summed E-state index contributed by atoms with van der Waals surface area (Å²) in [6.45, 7) is 0. The fraction of sp³-hybridized carbons (Fsp3) is 0. The molecule has 0 atom stereocenters. The SMILES string of the molecule is N=[N+]=N.[AlH3].[InH3]. The second kappa shape index (κ2) is 22.1. The van der Waals surface area contributed by atoms with Crippen LogP contribution in [-0.4, -0.2) is 43.2 Å². The predicted molar refractivity (Wildman–Crippen MR) is 27.5 cm³/mol. The summed E-state index contributed by atoms with van der Waals surface area (Å²) < 4.78 is 0. The summed E-state index contributed by atoms with van der Waals surface area (Å²) in [6, 6.07) is 0. The summed E-state index contributed by atoms with van der Waals surface area (Å²) in [5.41, 5.74) is 11.0. The molecule has 0 saturated heterocycles. The molecule has 0 aromatic heterocycles. The van der Waals surface area contributed by atoms with Gasteiger partial charge in [0.2, 0.25) is 4.91 Å². The van der Waals surface area contributed by atoms with E-state index in [1.807, 2.05) is 4.91 Å². The quantitative estimate of drug-likeness (QED) is 0.247. The van der Waals surface area contributed by atoms with Crippen molar-refractivity contribution in [1.29, 1.82) is 11.1 Å². The van der Waals surface area contributed by atoms with Gasteiger partial charge in [0, 0.05) is 0 Å². The van der Waals surface area contributed by atoms with Gasteiger partial charge in [-0.3, -0.25) is 0 Å². The van der Waals surface area contributed by atoms with Crippen molar-refractivity contribution in [3.8, 4) is 0 Å². The first-order valence-electron chi connectivity index (χ1n) is 0.447. The Bertz CT molecular complexity index is 27.9. The maximum absolute atomic E-state index is 5.50. The van der Waals surface area contributed by atoms with Crippen molar-refractivity contribution in [1.82, 2.24) is 4.91 Å². The molecule has 0 fully saturated rings. The molecule has 5 heavy (non-hydrogen) atoms. The number of hydrogen-bond donors (Lipinski definition) is 2. The fourth-order valence-corrected chi connectivity index (χ4v) is 0. The molecule has 0 aliphatic rings. The Morgan fingerprint density at radius 2 is 1.20 bits per heavy atom. The van der Waals surface area contributed by atoms with Gasteiger partial charge < -0.3 is 0 Å². The van der Waals surface area contributed by atoms with Crippen LogP contribution in [-0.2, 0) is 0 Å². The van der Waals surface area contributed by atoms with E-state index in [0.29, 0.717) is 0 Å². The van der Waals surface area contributed by atoms with Gasteiger partial charge in [-0.15, -0.1) is 0 Å². The molecule has 0 aromatic rings. The molecule has 0 heterocycles. The van der Waals surface area contributed by atoms with Gasteiger partial charge >= 0.3 is 25.8 Å². The maximum atomic E-state index is 5.50. The van der Waals surface area contributed by atoms with E-state index >= 15 is 0 Å². The molecule has 0 bridgehead atoms. The van der Waals surface area contributed by atoms with Crippen molar-refractivity contribution < 1.29 is 0 Å². The van der Waals surface area contributed by atoms with Crippen molar-refractivity contribution in [2.75, 3.05) is 0 Å². The van der Waals surface area contributed by atoms with Gasteiger partial charge in [0.1, 0.15) is 11.1 Å². The van der Waals surface area contributed by atoms with E-state index in [1.54, 1.807) is 0 Å². The predicted octanol–water partition coefficient (Wildman–Crippen LogP) is -2.25. The Kier molecular flexibility index (Phi) is 76.4. The van der Waals surface area contributed by atoms with Crippen LogP contribution in [0.25, 0.3) is 0 Å². The van der Waals surface area contributed by atoms with Crippen LogP contribution < -0.4 is 4.91 Å². The van der Waals surface area contributed by atoms with E-state index in [1.165, 1.54) is 0 Å². The summed E-state index contributed by atoms with van der Waals surface area (Å²) in [6.07, 6.45) is 0. The molecule has 3 nitrogen and oxygen atoms in total. The molecule has 0 aliphatic heterocycles. The summed E-state index contributed by atoms with van der Waals surface area (Å²) >= 11 is 0. The van der Waals surface area contributed by atoms with E-state index in [9.17, 15) is 0 Å².